The van der Waals surface area contributed by atoms with Crippen molar-refractivity contribution in [3.63, 3.8) is 0 Å². The van der Waals surface area contributed by atoms with E-state index in [1.54, 1.807) is 0 Å². The zero-order valence-corrected chi connectivity index (χ0v) is 11.5. The maximum Gasteiger partial charge on any atom is 0.0372 e. The summed E-state index contributed by atoms with van der Waals surface area (Å²) < 4.78 is 0. The highest BCUT2D eigenvalue weighted by atomic mass is 15.1. The third-order valence-corrected chi connectivity index (χ3v) is 4.65. The predicted molar refractivity (Wildman–Crippen MR) is 76.9 cm³/mol. The second-order valence-electron chi connectivity index (χ2n) is 6.13. The first-order valence-corrected chi connectivity index (χ1v) is 7.26. The van der Waals surface area contributed by atoms with Crippen LogP contribution >= 0.6 is 0 Å². The number of nitrogens with zero attached hydrogens (tertiary/aromatic N) is 1. The summed E-state index contributed by atoms with van der Waals surface area (Å²) in [7, 11) is 2.30. The van der Waals surface area contributed by atoms with Gasteiger partial charge in [-0.1, -0.05) is 18.2 Å². The van der Waals surface area contributed by atoms with Crippen LogP contribution < -0.4 is 5.32 Å². The van der Waals surface area contributed by atoms with Crippen molar-refractivity contribution in [1.82, 2.24) is 4.90 Å². The number of rotatable bonds is 4. The summed E-state index contributed by atoms with van der Waals surface area (Å²) in [6.07, 6.45) is 4.11. The average Bonchev–Trinajstić information content (AvgIpc) is 3.22. The van der Waals surface area contributed by atoms with Crippen molar-refractivity contribution in [1.29, 1.82) is 0 Å². The van der Waals surface area contributed by atoms with Crippen LogP contribution in [0.2, 0.25) is 0 Å². The summed E-state index contributed by atoms with van der Waals surface area (Å²) in [4.78, 5) is 2.57. The number of fused-ring (bicyclic) bond motifs is 1. The number of benzene rings is 1. The van der Waals surface area contributed by atoms with E-state index in [4.69, 9.17) is 0 Å². The lowest BCUT2D eigenvalue weighted by atomic mass is 9.93. The van der Waals surface area contributed by atoms with Crippen molar-refractivity contribution in [2.24, 2.45) is 11.8 Å². The molecule has 98 valence electrons. The highest BCUT2D eigenvalue weighted by molar-refractivity contribution is 5.53. The minimum absolute atomic E-state index is 0.756. The lowest BCUT2D eigenvalue weighted by molar-refractivity contribution is 0.201. The van der Waals surface area contributed by atoms with E-state index in [0.29, 0.717) is 0 Å². The Bertz CT molecular complexity index is 411. The summed E-state index contributed by atoms with van der Waals surface area (Å²) in [6.45, 7) is 4.74. The molecule has 3 rings (SSSR count). The molecule has 2 nitrogen and oxygen atoms in total. The maximum absolute atomic E-state index is 3.58. The van der Waals surface area contributed by atoms with E-state index in [0.717, 1.165) is 24.4 Å². The first-order chi connectivity index (χ1) is 8.74. The number of nitrogens with one attached hydrogen (secondary N) is 1. The summed E-state index contributed by atoms with van der Waals surface area (Å²) in [5.41, 5.74) is 2.83. The van der Waals surface area contributed by atoms with Crippen molar-refractivity contribution < 1.29 is 0 Å². The SMILES string of the molecule is CC(C1CC1)N(C)CC1CNc2ccccc2C1. The molecule has 1 aromatic carbocycles. The van der Waals surface area contributed by atoms with Crippen LogP contribution in [0.3, 0.4) is 0 Å². The van der Waals surface area contributed by atoms with Crippen LogP contribution in [0.1, 0.15) is 25.3 Å². The normalized spacial score (nSPS) is 24.5. The van der Waals surface area contributed by atoms with Gasteiger partial charge in [-0.2, -0.15) is 0 Å². The fourth-order valence-electron chi connectivity index (χ4n) is 3.15. The van der Waals surface area contributed by atoms with Crippen LogP contribution in [-0.2, 0) is 6.42 Å². The molecule has 2 heteroatoms. The number of hydrogen-bond donors (Lipinski definition) is 1. The molecule has 2 aliphatic rings. The molecule has 0 bridgehead atoms. The molecule has 2 unspecified atom stereocenters. The second-order valence-corrected chi connectivity index (χ2v) is 6.13. The van der Waals surface area contributed by atoms with E-state index in [-0.39, 0.29) is 0 Å². The fraction of sp³-hybridized carbons (Fsp3) is 0.625. The molecule has 1 aliphatic carbocycles. The van der Waals surface area contributed by atoms with Gasteiger partial charge in [0, 0.05) is 24.8 Å². The van der Waals surface area contributed by atoms with Gasteiger partial charge in [-0.05, 0) is 56.7 Å². The predicted octanol–water partition coefficient (Wildman–Crippen LogP) is 3.00. The van der Waals surface area contributed by atoms with E-state index in [1.807, 2.05) is 0 Å². The Balaban J connectivity index is 1.58. The van der Waals surface area contributed by atoms with Gasteiger partial charge >= 0.3 is 0 Å². The zero-order chi connectivity index (χ0) is 12.5. The van der Waals surface area contributed by atoms with E-state index in [9.17, 15) is 0 Å². The molecule has 0 amide bonds. The molecule has 1 heterocycles. The lowest BCUT2D eigenvalue weighted by Crippen LogP contribution is -2.39. The van der Waals surface area contributed by atoms with Crippen molar-refractivity contribution >= 4 is 5.69 Å². The molecule has 1 aliphatic heterocycles. The number of para-hydroxylation sites is 1. The summed E-state index contributed by atoms with van der Waals surface area (Å²) >= 11 is 0. The first kappa shape index (κ1) is 12.0. The minimum Gasteiger partial charge on any atom is -0.384 e. The third kappa shape index (κ3) is 2.54. The van der Waals surface area contributed by atoms with Crippen LogP contribution in [-0.4, -0.2) is 31.1 Å². The van der Waals surface area contributed by atoms with Gasteiger partial charge in [0.25, 0.3) is 0 Å². The van der Waals surface area contributed by atoms with Gasteiger partial charge in [-0.15, -0.1) is 0 Å². The number of anilines is 1. The summed E-state index contributed by atoms with van der Waals surface area (Å²) in [5, 5.41) is 3.58. The van der Waals surface area contributed by atoms with Crippen molar-refractivity contribution in [3.8, 4) is 0 Å². The third-order valence-electron chi connectivity index (χ3n) is 4.65. The van der Waals surface area contributed by atoms with Gasteiger partial charge in [0.1, 0.15) is 0 Å². The Kier molecular flexibility index (Phi) is 3.29. The topological polar surface area (TPSA) is 15.3 Å². The molecule has 0 aromatic heterocycles. The molecule has 0 saturated heterocycles. The standard InChI is InChI=1S/C16H24N2/c1-12(14-7-8-14)18(2)11-13-9-15-5-3-4-6-16(15)17-10-13/h3-6,12-14,17H,7-11H2,1-2H3. The largest absolute Gasteiger partial charge is 0.384 e. The van der Waals surface area contributed by atoms with Crippen LogP contribution in [0.15, 0.2) is 24.3 Å². The summed E-state index contributed by atoms with van der Waals surface area (Å²) in [5.74, 6) is 1.73. The van der Waals surface area contributed by atoms with E-state index < -0.39 is 0 Å². The zero-order valence-electron chi connectivity index (χ0n) is 11.5. The van der Waals surface area contributed by atoms with E-state index >= 15 is 0 Å². The van der Waals surface area contributed by atoms with Gasteiger partial charge in [-0.3, -0.25) is 0 Å². The highest BCUT2D eigenvalue weighted by Gasteiger charge is 2.31. The molecular weight excluding hydrogens is 220 g/mol. The minimum atomic E-state index is 0.756. The molecule has 1 N–H and O–H groups in total. The van der Waals surface area contributed by atoms with Crippen LogP contribution in [0.5, 0.6) is 0 Å². The van der Waals surface area contributed by atoms with Crippen molar-refractivity contribution in [2.75, 3.05) is 25.5 Å². The average molecular weight is 244 g/mol. The first-order valence-electron chi connectivity index (χ1n) is 7.26. The molecule has 1 saturated carbocycles. The second kappa shape index (κ2) is 4.93. The Morgan fingerprint density at radius 1 is 1.33 bits per heavy atom. The van der Waals surface area contributed by atoms with Crippen molar-refractivity contribution in [3.05, 3.63) is 29.8 Å². The Morgan fingerprint density at radius 2 is 2.11 bits per heavy atom. The van der Waals surface area contributed by atoms with Crippen molar-refractivity contribution in [2.45, 2.75) is 32.2 Å². The summed E-state index contributed by atoms with van der Waals surface area (Å²) in [6, 6.07) is 9.50. The Hall–Kier alpha value is -1.02. The Morgan fingerprint density at radius 3 is 2.89 bits per heavy atom. The van der Waals surface area contributed by atoms with E-state index in [2.05, 4.69) is 48.5 Å². The van der Waals surface area contributed by atoms with Gasteiger partial charge in [-0.25, -0.2) is 0 Å². The molecule has 2 atom stereocenters. The van der Waals surface area contributed by atoms with Crippen LogP contribution in [0.4, 0.5) is 5.69 Å². The molecule has 18 heavy (non-hydrogen) atoms. The van der Waals surface area contributed by atoms with Gasteiger partial charge in [0.15, 0.2) is 0 Å². The molecular formula is C16H24N2. The smallest absolute Gasteiger partial charge is 0.0372 e. The highest BCUT2D eigenvalue weighted by Crippen LogP contribution is 2.35. The van der Waals surface area contributed by atoms with Crippen LogP contribution in [0.25, 0.3) is 0 Å². The molecule has 1 fully saturated rings. The molecule has 0 spiro atoms. The quantitative estimate of drug-likeness (QED) is 0.876. The lowest BCUT2D eigenvalue weighted by Gasteiger charge is -2.32. The van der Waals surface area contributed by atoms with Gasteiger partial charge in [0.05, 0.1) is 0 Å². The van der Waals surface area contributed by atoms with Gasteiger partial charge in [0.2, 0.25) is 0 Å². The number of hydrogen-bond acceptors (Lipinski definition) is 2. The molecule has 1 aromatic rings. The van der Waals surface area contributed by atoms with E-state index in [1.165, 1.54) is 37.1 Å². The fourth-order valence-corrected chi connectivity index (χ4v) is 3.15. The Labute approximate surface area is 110 Å². The molecule has 0 radical (unpaired) electrons. The van der Waals surface area contributed by atoms with Crippen LogP contribution in [0, 0.1) is 11.8 Å². The monoisotopic (exact) mass is 244 g/mol. The van der Waals surface area contributed by atoms with Gasteiger partial charge < -0.3 is 10.2 Å². The maximum atomic E-state index is 3.58.